The molecule has 0 aliphatic rings. The van der Waals surface area contributed by atoms with E-state index in [0.717, 1.165) is 11.3 Å². The molecular formula is C5H7ClN2S. The molecule has 0 aliphatic heterocycles. The monoisotopic (exact) mass is 162 g/mol. The molecular weight excluding hydrogens is 156 g/mol. The maximum atomic E-state index is 5.56. The van der Waals surface area contributed by atoms with E-state index in [2.05, 4.69) is 4.98 Å². The van der Waals surface area contributed by atoms with E-state index >= 15 is 0 Å². The number of aromatic nitrogens is 1. The highest BCUT2D eigenvalue weighted by molar-refractivity contribution is 7.15. The second-order valence-electron chi connectivity index (χ2n) is 1.62. The lowest BCUT2D eigenvalue weighted by Gasteiger charge is -1.85. The molecule has 1 heterocycles. The predicted molar refractivity (Wildman–Crippen MR) is 39.9 cm³/mol. The molecule has 0 spiro atoms. The average Bonchev–Trinajstić information content (AvgIpc) is 2.17. The Morgan fingerprint density at radius 2 is 2.56 bits per heavy atom. The smallest absolute Gasteiger partial charge is 0.183 e. The van der Waals surface area contributed by atoms with Gasteiger partial charge in [0, 0.05) is 11.1 Å². The lowest BCUT2D eigenvalue weighted by molar-refractivity contribution is 0.984. The molecule has 0 atom stereocenters. The van der Waals surface area contributed by atoms with Crippen LogP contribution in [0.15, 0.2) is 6.20 Å². The average molecular weight is 163 g/mol. The molecule has 50 valence electrons. The third-order valence-electron chi connectivity index (χ3n) is 0.916. The fourth-order valence-corrected chi connectivity index (χ4v) is 1.53. The summed E-state index contributed by atoms with van der Waals surface area (Å²) in [6.07, 6.45) is 2.64. The second-order valence-corrected chi connectivity index (χ2v) is 3.32. The summed E-state index contributed by atoms with van der Waals surface area (Å²) in [7, 11) is 0. The van der Waals surface area contributed by atoms with E-state index < -0.39 is 0 Å². The molecule has 0 bridgehead atoms. The first-order valence-electron chi connectivity index (χ1n) is 2.63. The molecule has 0 radical (unpaired) electrons. The summed E-state index contributed by atoms with van der Waals surface area (Å²) in [4.78, 5) is 5.02. The molecule has 0 aliphatic carbocycles. The molecule has 0 fully saturated rings. The van der Waals surface area contributed by atoms with E-state index in [9.17, 15) is 0 Å². The molecule has 1 rings (SSSR count). The molecule has 1 aromatic heterocycles. The van der Waals surface area contributed by atoms with Crippen molar-refractivity contribution < 1.29 is 0 Å². The van der Waals surface area contributed by atoms with Crippen LogP contribution in [0, 0.1) is 0 Å². The van der Waals surface area contributed by atoms with Crippen LogP contribution in [0.3, 0.4) is 0 Å². The molecule has 1 aromatic rings. The number of hydrogen-bond donors (Lipinski definition) is 1. The zero-order valence-electron chi connectivity index (χ0n) is 4.80. The third kappa shape index (κ3) is 1.93. The Morgan fingerprint density at radius 1 is 1.78 bits per heavy atom. The van der Waals surface area contributed by atoms with Gasteiger partial charge in [0.05, 0.1) is 0 Å². The second kappa shape index (κ2) is 3.15. The van der Waals surface area contributed by atoms with E-state index in [0.29, 0.717) is 11.0 Å². The minimum atomic E-state index is 0.596. The van der Waals surface area contributed by atoms with Gasteiger partial charge in [-0.3, -0.25) is 0 Å². The van der Waals surface area contributed by atoms with E-state index in [4.69, 9.17) is 17.3 Å². The standard InChI is InChI=1S/C5H7ClN2S/c6-5-8-3-4(9-5)1-2-7/h3H,1-2,7H2. The topological polar surface area (TPSA) is 38.9 Å². The van der Waals surface area contributed by atoms with Crippen LogP contribution in [-0.2, 0) is 6.42 Å². The zero-order valence-corrected chi connectivity index (χ0v) is 6.37. The Hall–Kier alpha value is -0.120. The normalized spacial score (nSPS) is 10.0. The molecule has 0 amide bonds. The number of nitrogens with zero attached hydrogens (tertiary/aromatic N) is 1. The van der Waals surface area contributed by atoms with Gasteiger partial charge in [0.15, 0.2) is 4.47 Å². The fraction of sp³-hybridized carbons (Fsp3) is 0.400. The molecule has 0 saturated heterocycles. The van der Waals surface area contributed by atoms with E-state index in [-0.39, 0.29) is 0 Å². The Morgan fingerprint density at radius 3 is 3.00 bits per heavy atom. The van der Waals surface area contributed by atoms with Crippen LogP contribution in [0.2, 0.25) is 4.47 Å². The van der Waals surface area contributed by atoms with Crippen molar-refractivity contribution in [3.8, 4) is 0 Å². The van der Waals surface area contributed by atoms with Gasteiger partial charge < -0.3 is 5.73 Å². The van der Waals surface area contributed by atoms with Crippen LogP contribution >= 0.6 is 22.9 Å². The largest absolute Gasteiger partial charge is 0.330 e. The van der Waals surface area contributed by atoms with Gasteiger partial charge in [0.2, 0.25) is 0 Å². The van der Waals surface area contributed by atoms with E-state index in [1.54, 1.807) is 6.20 Å². The van der Waals surface area contributed by atoms with Crippen molar-refractivity contribution in [2.75, 3.05) is 6.54 Å². The van der Waals surface area contributed by atoms with Gasteiger partial charge in [-0.25, -0.2) is 4.98 Å². The summed E-state index contributed by atoms with van der Waals surface area (Å²) >= 11 is 7.05. The van der Waals surface area contributed by atoms with Crippen LogP contribution in [0.25, 0.3) is 0 Å². The van der Waals surface area contributed by atoms with Gasteiger partial charge in [-0.2, -0.15) is 0 Å². The molecule has 9 heavy (non-hydrogen) atoms. The zero-order chi connectivity index (χ0) is 6.69. The first-order valence-corrected chi connectivity index (χ1v) is 3.82. The van der Waals surface area contributed by atoms with Gasteiger partial charge in [0.1, 0.15) is 0 Å². The number of halogens is 1. The van der Waals surface area contributed by atoms with Gasteiger partial charge in [0.25, 0.3) is 0 Å². The minimum Gasteiger partial charge on any atom is -0.330 e. The minimum absolute atomic E-state index is 0.596. The third-order valence-corrected chi connectivity index (χ3v) is 2.09. The predicted octanol–water partition coefficient (Wildman–Crippen LogP) is 1.30. The summed E-state index contributed by atoms with van der Waals surface area (Å²) in [5.74, 6) is 0. The summed E-state index contributed by atoms with van der Waals surface area (Å²) in [6, 6.07) is 0. The fourth-order valence-electron chi connectivity index (χ4n) is 0.541. The van der Waals surface area contributed by atoms with Gasteiger partial charge in [-0.05, 0) is 13.0 Å². The maximum absolute atomic E-state index is 5.56. The van der Waals surface area contributed by atoms with E-state index in [1.807, 2.05) is 0 Å². The van der Waals surface area contributed by atoms with Crippen LogP contribution in [0.1, 0.15) is 4.88 Å². The quantitative estimate of drug-likeness (QED) is 0.712. The first kappa shape index (κ1) is 6.99. The van der Waals surface area contributed by atoms with Crippen molar-refractivity contribution in [2.24, 2.45) is 5.73 Å². The maximum Gasteiger partial charge on any atom is 0.183 e. The van der Waals surface area contributed by atoms with Crippen molar-refractivity contribution in [3.05, 3.63) is 15.5 Å². The van der Waals surface area contributed by atoms with Crippen LogP contribution in [-0.4, -0.2) is 11.5 Å². The van der Waals surface area contributed by atoms with Gasteiger partial charge in [-0.15, -0.1) is 11.3 Å². The lowest BCUT2D eigenvalue weighted by Crippen LogP contribution is -2.00. The highest BCUT2D eigenvalue weighted by Crippen LogP contribution is 2.17. The van der Waals surface area contributed by atoms with Crippen molar-refractivity contribution in [1.29, 1.82) is 0 Å². The highest BCUT2D eigenvalue weighted by atomic mass is 35.5. The number of rotatable bonds is 2. The van der Waals surface area contributed by atoms with Crippen LogP contribution < -0.4 is 5.73 Å². The summed E-state index contributed by atoms with van der Waals surface area (Å²) in [5, 5.41) is 0. The SMILES string of the molecule is NCCc1cnc(Cl)s1. The Kier molecular flexibility index (Phi) is 2.45. The Balaban J connectivity index is 2.61. The molecule has 0 unspecified atom stereocenters. The van der Waals surface area contributed by atoms with Crippen molar-refractivity contribution >= 4 is 22.9 Å². The van der Waals surface area contributed by atoms with E-state index in [1.165, 1.54) is 11.3 Å². The van der Waals surface area contributed by atoms with Gasteiger partial charge in [-0.1, -0.05) is 11.6 Å². The molecule has 0 saturated carbocycles. The number of hydrogen-bond acceptors (Lipinski definition) is 3. The number of nitrogens with two attached hydrogens (primary N) is 1. The number of thiazole rings is 1. The molecule has 2 N–H and O–H groups in total. The molecule has 2 nitrogen and oxygen atoms in total. The molecule has 4 heteroatoms. The van der Waals surface area contributed by atoms with Crippen LogP contribution in [0.4, 0.5) is 0 Å². The Labute approximate surface area is 62.7 Å². The van der Waals surface area contributed by atoms with Crippen LogP contribution in [0.5, 0.6) is 0 Å². The van der Waals surface area contributed by atoms with Crippen molar-refractivity contribution in [3.63, 3.8) is 0 Å². The van der Waals surface area contributed by atoms with Crippen molar-refractivity contribution in [1.82, 2.24) is 4.98 Å². The summed E-state index contributed by atoms with van der Waals surface area (Å²) in [6.45, 7) is 0.665. The lowest BCUT2D eigenvalue weighted by atomic mass is 10.4. The summed E-state index contributed by atoms with van der Waals surface area (Å²) < 4.78 is 0.596. The van der Waals surface area contributed by atoms with Gasteiger partial charge >= 0.3 is 0 Å². The molecule has 0 aromatic carbocycles. The van der Waals surface area contributed by atoms with Crippen molar-refractivity contribution in [2.45, 2.75) is 6.42 Å². The summed E-state index contributed by atoms with van der Waals surface area (Å²) in [5.41, 5.74) is 5.31. The highest BCUT2D eigenvalue weighted by Gasteiger charge is 1.95. The first-order chi connectivity index (χ1) is 4.33. The Bertz CT molecular complexity index is 187.